The summed E-state index contributed by atoms with van der Waals surface area (Å²) in [6, 6.07) is 15.6. The van der Waals surface area contributed by atoms with E-state index in [2.05, 4.69) is 4.98 Å². The van der Waals surface area contributed by atoms with Gasteiger partial charge in [-0.05, 0) is 42.0 Å². The van der Waals surface area contributed by atoms with Gasteiger partial charge in [0.2, 0.25) is 0 Å². The smallest absolute Gasteiger partial charge is 0.196 e. The number of hydrogen-bond acceptors (Lipinski definition) is 4. The maximum Gasteiger partial charge on any atom is 0.196 e. The van der Waals surface area contributed by atoms with Crippen molar-refractivity contribution in [3.05, 3.63) is 70.2 Å². The van der Waals surface area contributed by atoms with Crippen LogP contribution >= 0.6 is 11.6 Å². The fourth-order valence-corrected chi connectivity index (χ4v) is 2.71. The van der Waals surface area contributed by atoms with Crippen LogP contribution in [0.2, 0.25) is 5.02 Å². The second-order valence-electron chi connectivity index (χ2n) is 5.34. The van der Waals surface area contributed by atoms with Gasteiger partial charge in [0, 0.05) is 10.6 Å². The molecular formula is C19H14ClN3O2. The van der Waals surface area contributed by atoms with E-state index in [0.717, 1.165) is 5.56 Å². The maximum absolute atomic E-state index is 13.0. The molecule has 0 aliphatic rings. The van der Waals surface area contributed by atoms with Gasteiger partial charge in [0.05, 0.1) is 18.4 Å². The zero-order valence-electron chi connectivity index (χ0n) is 13.3. The van der Waals surface area contributed by atoms with Crippen LogP contribution in [0.5, 0.6) is 5.75 Å². The molecule has 0 aliphatic heterocycles. The van der Waals surface area contributed by atoms with Crippen LogP contribution in [-0.4, -0.2) is 17.9 Å². The number of ketones is 1. The molecule has 0 unspecified atom stereocenters. The molecule has 3 aromatic rings. The summed E-state index contributed by atoms with van der Waals surface area (Å²) in [6.45, 7) is 0. The number of nitrogens with two attached hydrogens (primary N) is 1. The quantitative estimate of drug-likeness (QED) is 0.694. The Hall–Kier alpha value is -3.23. The summed E-state index contributed by atoms with van der Waals surface area (Å²) in [4.78, 5) is 15.9. The van der Waals surface area contributed by atoms with Crippen LogP contribution in [0.1, 0.15) is 21.5 Å². The first kappa shape index (κ1) is 16.6. The van der Waals surface area contributed by atoms with Crippen molar-refractivity contribution in [2.24, 2.45) is 0 Å². The molecule has 0 amide bonds. The molecule has 25 heavy (non-hydrogen) atoms. The Morgan fingerprint density at radius 1 is 1.16 bits per heavy atom. The monoisotopic (exact) mass is 351 g/mol. The van der Waals surface area contributed by atoms with Gasteiger partial charge in [-0.1, -0.05) is 23.7 Å². The summed E-state index contributed by atoms with van der Waals surface area (Å²) in [5.41, 5.74) is 7.92. The van der Waals surface area contributed by atoms with Crippen molar-refractivity contribution in [2.75, 3.05) is 12.8 Å². The molecule has 6 heteroatoms. The lowest BCUT2D eigenvalue weighted by Gasteiger charge is -2.06. The second kappa shape index (κ2) is 6.71. The lowest BCUT2D eigenvalue weighted by Crippen LogP contribution is -2.04. The largest absolute Gasteiger partial charge is 0.497 e. The van der Waals surface area contributed by atoms with Gasteiger partial charge in [0.15, 0.2) is 5.78 Å². The number of nitriles is 1. The zero-order valence-corrected chi connectivity index (χ0v) is 14.1. The fraction of sp³-hybridized carbons (Fsp3) is 0.0526. The molecule has 0 radical (unpaired) electrons. The number of ether oxygens (including phenoxy) is 1. The highest BCUT2D eigenvalue weighted by molar-refractivity contribution is 6.30. The molecule has 0 saturated heterocycles. The molecule has 0 saturated carbocycles. The fourth-order valence-electron chi connectivity index (χ4n) is 2.58. The highest BCUT2D eigenvalue weighted by Gasteiger charge is 2.24. The molecule has 0 atom stereocenters. The number of benzene rings is 2. The summed E-state index contributed by atoms with van der Waals surface area (Å²) in [7, 11) is 1.55. The Bertz CT molecular complexity index is 968. The SMILES string of the molecule is COc1ccc(C(=O)c2c(-c3ccc(Cl)cc3)[nH]c(N)c2C#N)cc1. The van der Waals surface area contributed by atoms with E-state index < -0.39 is 0 Å². The average molecular weight is 352 g/mol. The van der Waals surface area contributed by atoms with Crippen molar-refractivity contribution in [2.45, 2.75) is 0 Å². The average Bonchev–Trinajstić information content (AvgIpc) is 2.98. The van der Waals surface area contributed by atoms with Gasteiger partial charge in [-0.2, -0.15) is 5.26 Å². The van der Waals surface area contributed by atoms with Crippen molar-refractivity contribution < 1.29 is 9.53 Å². The maximum atomic E-state index is 13.0. The Morgan fingerprint density at radius 3 is 2.36 bits per heavy atom. The van der Waals surface area contributed by atoms with Crippen LogP contribution in [0.15, 0.2) is 48.5 Å². The van der Waals surface area contributed by atoms with E-state index in [-0.39, 0.29) is 22.7 Å². The summed E-state index contributed by atoms with van der Waals surface area (Å²) in [5, 5.41) is 10.0. The zero-order chi connectivity index (χ0) is 18.0. The number of aromatic nitrogens is 1. The Morgan fingerprint density at radius 2 is 1.80 bits per heavy atom. The van der Waals surface area contributed by atoms with Crippen molar-refractivity contribution in [1.82, 2.24) is 4.98 Å². The molecule has 1 heterocycles. The minimum Gasteiger partial charge on any atom is -0.497 e. The van der Waals surface area contributed by atoms with Gasteiger partial charge in [0.1, 0.15) is 23.2 Å². The Kier molecular flexibility index (Phi) is 4.46. The Labute approximate surface area is 149 Å². The molecule has 3 N–H and O–H groups in total. The third-order valence-electron chi connectivity index (χ3n) is 3.85. The number of methoxy groups -OCH3 is 1. The second-order valence-corrected chi connectivity index (χ2v) is 5.78. The van der Waals surface area contributed by atoms with Crippen LogP contribution in [0.3, 0.4) is 0 Å². The molecule has 3 rings (SSSR count). The molecule has 124 valence electrons. The van der Waals surface area contributed by atoms with Crippen LogP contribution < -0.4 is 10.5 Å². The predicted molar refractivity (Wildman–Crippen MR) is 96.8 cm³/mol. The topological polar surface area (TPSA) is 91.9 Å². The van der Waals surface area contributed by atoms with Gasteiger partial charge in [-0.15, -0.1) is 0 Å². The van der Waals surface area contributed by atoms with E-state index in [9.17, 15) is 10.1 Å². The number of nitrogens with zero attached hydrogens (tertiary/aromatic N) is 1. The van der Waals surface area contributed by atoms with Gasteiger partial charge in [-0.3, -0.25) is 4.79 Å². The van der Waals surface area contributed by atoms with Crippen molar-refractivity contribution in [3.63, 3.8) is 0 Å². The predicted octanol–water partition coefficient (Wildman–Crippen LogP) is 4.03. The van der Waals surface area contributed by atoms with Crippen molar-refractivity contribution in [3.8, 4) is 23.1 Å². The van der Waals surface area contributed by atoms with Crippen molar-refractivity contribution >= 4 is 23.2 Å². The highest BCUT2D eigenvalue weighted by atomic mass is 35.5. The van der Waals surface area contributed by atoms with Gasteiger partial charge in [0.25, 0.3) is 0 Å². The minimum atomic E-state index is -0.294. The summed E-state index contributed by atoms with van der Waals surface area (Å²) in [5.74, 6) is 0.505. The number of rotatable bonds is 4. The van der Waals surface area contributed by atoms with E-state index >= 15 is 0 Å². The van der Waals surface area contributed by atoms with Gasteiger partial charge in [-0.25, -0.2) is 0 Å². The number of H-pyrrole nitrogens is 1. The number of carbonyl (C=O) groups excluding carboxylic acids is 1. The van der Waals surface area contributed by atoms with E-state index in [0.29, 0.717) is 22.0 Å². The lowest BCUT2D eigenvalue weighted by atomic mass is 9.97. The third kappa shape index (κ3) is 3.08. The highest BCUT2D eigenvalue weighted by Crippen LogP contribution is 2.32. The number of anilines is 1. The number of aromatic amines is 1. The number of carbonyl (C=O) groups is 1. The lowest BCUT2D eigenvalue weighted by molar-refractivity contribution is 0.103. The molecule has 0 aliphatic carbocycles. The van der Waals surface area contributed by atoms with Crippen LogP contribution in [0.4, 0.5) is 5.82 Å². The number of hydrogen-bond donors (Lipinski definition) is 2. The molecule has 0 spiro atoms. The third-order valence-corrected chi connectivity index (χ3v) is 4.10. The molecule has 2 aromatic carbocycles. The first-order chi connectivity index (χ1) is 12.0. The van der Waals surface area contributed by atoms with E-state index in [4.69, 9.17) is 22.1 Å². The van der Waals surface area contributed by atoms with Gasteiger partial charge < -0.3 is 15.5 Å². The summed E-state index contributed by atoms with van der Waals surface area (Å²) in [6.07, 6.45) is 0. The van der Waals surface area contributed by atoms with E-state index in [1.165, 1.54) is 0 Å². The Balaban J connectivity index is 2.14. The standard InChI is InChI=1S/C19H14ClN3O2/c1-25-14-8-4-12(5-9-14)18(24)16-15(10-21)19(22)23-17(16)11-2-6-13(20)7-3-11/h2-9,23H,22H2,1H3. The number of nitrogens with one attached hydrogen (secondary N) is 1. The van der Waals surface area contributed by atoms with Crippen LogP contribution in [0.25, 0.3) is 11.3 Å². The van der Waals surface area contributed by atoms with Crippen molar-refractivity contribution in [1.29, 1.82) is 5.26 Å². The molecule has 5 nitrogen and oxygen atoms in total. The summed E-state index contributed by atoms with van der Waals surface area (Å²) >= 11 is 5.92. The minimum absolute atomic E-state index is 0.130. The molecule has 1 aromatic heterocycles. The van der Waals surface area contributed by atoms with Crippen LogP contribution in [-0.2, 0) is 0 Å². The first-order valence-corrected chi connectivity index (χ1v) is 7.79. The van der Waals surface area contributed by atoms with Crippen LogP contribution in [0, 0.1) is 11.3 Å². The number of halogens is 1. The first-order valence-electron chi connectivity index (χ1n) is 7.41. The van der Waals surface area contributed by atoms with Gasteiger partial charge >= 0.3 is 0 Å². The molecule has 0 fully saturated rings. The van der Waals surface area contributed by atoms with E-state index in [1.54, 1.807) is 55.6 Å². The van der Waals surface area contributed by atoms with E-state index in [1.807, 2.05) is 6.07 Å². The molecule has 0 bridgehead atoms. The normalized spacial score (nSPS) is 10.3. The summed E-state index contributed by atoms with van der Waals surface area (Å²) < 4.78 is 5.11. The number of nitrogen functional groups attached to an aromatic ring is 1. The molecular weight excluding hydrogens is 338 g/mol.